The van der Waals surface area contributed by atoms with Gasteiger partial charge in [-0.05, 0) is 30.3 Å². The van der Waals surface area contributed by atoms with E-state index in [1.54, 1.807) is 6.07 Å². The number of benzene rings is 2. The summed E-state index contributed by atoms with van der Waals surface area (Å²) in [5, 5.41) is 2.63. The number of hydrogen-bond donors (Lipinski definition) is 2. The number of nitrogen functional groups attached to an aromatic ring is 1. The number of carbonyl (C=O) groups excluding carboxylic acids is 1. The van der Waals surface area contributed by atoms with Gasteiger partial charge < -0.3 is 20.5 Å². The van der Waals surface area contributed by atoms with Crippen LogP contribution in [0, 0.1) is 5.82 Å². The molecule has 6 heteroatoms. The summed E-state index contributed by atoms with van der Waals surface area (Å²) in [6.07, 6.45) is 0. The van der Waals surface area contributed by atoms with Crippen LogP contribution in [0.2, 0.25) is 0 Å². The van der Waals surface area contributed by atoms with Crippen LogP contribution in [0.25, 0.3) is 0 Å². The fourth-order valence-corrected chi connectivity index (χ4v) is 1.81. The summed E-state index contributed by atoms with van der Waals surface area (Å²) >= 11 is 0. The van der Waals surface area contributed by atoms with Crippen molar-refractivity contribution in [2.45, 2.75) is 0 Å². The van der Waals surface area contributed by atoms with E-state index >= 15 is 0 Å². The van der Waals surface area contributed by atoms with Crippen molar-refractivity contribution >= 4 is 17.3 Å². The van der Waals surface area contributed by atoms with Crippen LogP contribution in [-0.4, -0.2) is 20.1 Å². The monoisotopic (exact) mass is 290 g/mol. The highest BCUT2D eigenvalue weighted by atomic mass is 19.1. The minimum atomic E-state index is -0.434. The van der Waals surface area contributed by atoms with Crippen LogP contribution in [0.15, 0.2) is 36.4 Å². The van der Waals surface area contributed by atoms with E-state index in [-0.39, 0.29) is 17.1 Å². The zero-order valence-corrected chi connectivity index (χ0v) is 11.6. The fraction of sp³-hybridized carbons (Fsp3) is 0.133. The molecule has 0 atom stereocenters. The summed E-state index contributed by atoms with van der Waals surface area (Å²) in [6.45, 7) is 0. The quantitative estimate of drug-likeness (QED) is 0.849. The van der Waals surface area contributed by atoms with E-state index in [1.165, 1.54) is 44.6 Å². The van der Waals surface area contributed by atoms with E-state index in [0.29, 0.717) is 17.2 Å². The fourth-order valence-electron chi connectivity index (χ4n) is 1.81. The molecule has 2 aromatic carbocycles. The normalized spacial score (nSPS) is 10.0. The Bertz CT molecular complexity index is 657. The Kier molecular flexibility index (Phi) is 4.27. The molecule has 1 amide bonds. The van der Waals surface area contributed by atoms with E-state index in [9.17, 15) is 9.18 Å². The van der Waals surface area contributed by atoms with Crippen LogP contribution < -0.4 is 20.5 Å². The minimum absolute atomic E-state index is 0.206. The summed E-state index contributed by atoms with van der Waals surface area (Å²) in [5.74, 6) is -0.0178. The topological polar surface area (TPSA) is 73.6 Å². The van der Waals surface area contributed by atoms with Crippen LogP contribution in [0.1, 0.15) is 10.4 Å². The minimum Gasteiger partial charge on any atom is -0.497 e. The van der Waals surface area contributed by atoms with Crippen molar-refractivity contribution in [3.05, 3.63) is 47.8 Å². The molecule has 110 valence electrons. The SMILES string of the molecule is COc1cc(OC)c(N)c(C(=O)Nc2ccc(F)cc2)c1. The number of amides is 1. The Morgan fingerprint density at radius 1 is 1.14 bits per heavy atom. The highest BCUT2D eigenvalue weighted by Crippen LogP contribution is 2.31. The van der Waals surface area contributed by atoms with E-state index in [1.807, 2.05) is 0 Å². The molecule has 0 spiro atoms. The van der Waals surface area contributed by atoms with E-state index in [2.05, 4.69) is 5.32 Å². The van der Waals surface area contributed by atoms with Gasteiger partial charge in [0.05, 0.1) is 25.5 Å². The highest BCUT2D eigenvalue weighted by Gasteiger charge is 2.16. The van der Waals surface area contributed by atoms with Gasteiger partial charge in [0, 0.05) is 11.8 Å². The van der Waals surface area contributed by atoms with E-state index < -0.39 is 5.91 Å². The number of rotatable bonds is 4. The second-order valence-corrected chi connectivity index (χ2v) is 4.25. The standard InChI is InChI=1S/C15H15FN2O3/c1-20-11-7-12(14(17)13(8-11)21-2)15(19)18-10-5-3-9(16)4-6-10/h3-8H,17H2,1-2H3,(H,18,19). The first kappa shape index (κ1) is 14.6. The second kappa shape index (κ2) is 6.13. The van der Waals surface area contributed by atoms with Gasteiger partial charge in [-0.15, -0.1) is 0 Å². The lowest BCUT2D eigenvalue weighted by molar-refractivity contribution is 0.102. The molecule has 21 heavy (non-hydrogen) atoms. The van der Waals surface area contributed by atoms with Gasteiger partial charge >= 0.3 is 0 Å². The number of carbonyl (C=O) groups is 1. The van der Waals surface area contributed by atoms with Crippen molar-refractivity contribution in [3.63, 3.8) is 0 Å². The number of ether oxygens (including phenoxy) is 2. The molecule has 0 aliphatic carbocycles. The molecule has 0 saturated heterocycles. The zero-order valence-electron chi connectivity index (χ0n) is 11.6. The third kappa shape index (κ3) is 3.22. The predicted octanol–water partition coefficient (Wildman–Crippen LogP) is 2.68. The predicted molar refractivity (Wildman–Crippen MR) is 78.3 cm³/mol. The molecule has 3 N–H and O–H groups in total. The lowest BCUT2D eigenvalue weighted by Crippen LogP contribution is -2.15. The molecule has 0 aromatic heterocycles. The second-order valence-electron chi connectivity index (χ2n) is 4.25. The molecule has 0 fully saturated rings. The molecule has 2 rings (SSSR count). The number of hydrogen-bond acceptors (Lipinski definition) is 4. The Morgan fingerprint density at radius 3 is 2.38 bits per heavy atom. The average Bonchev–Trinajstić information content (AvgIpc) is 2.49. The van der Waals surface area contributed by atoms with Gasteiger partial charge in [0.1, 0.15) is 17.3 Å². The Balaban J connectivity index is 2.32. The molecule has 0 radical (unpaired) electrons. The van der Waals surface area contributed by atoms with Gasteiger partial charge in [0.2, 0.25) is 0 Å². The van der Waals surface area contributed by atoms with Gasteiger partial charge in [-0.2, -0.15) is 0 Å². The molecule has 2 aromatic rings. The van der Waals surface area contributed by atoms with E-state index in [0.717, 1.165) is 0 Å². The van der Waals surface area contributed by atoms with Gasteiger partial charge in [-0.25, -0.2) is 4.39 Å². The van der Waals surface area contributed by atoms with Gasteiger partial charge in [-0.3, -0.25) is 4.79 Å². The molecule has 0 bridgehead atoms. The Hall–Kier alpha value is -2.76. The molecule has 0 saturated carbocycles. The van der Waals surface area contributed by atoms with Gasteiger partial charge in [-0.1, -0.05) is 0 Å². The maximum absolute atomic E-state index is 12.8. The lowest BCUT2D eigenvalue weighted by Gasteiger charge is -2.13. The zero-order chi connectivity index (χ0) is 15.4. The van der Waals surface area contributed by atoms with Crippen LogP contribution >= 0.6 is 0 Å². The van der Waals surface area contributed by atoms with Crippen molar-refractivity contribution in [1.82, 2.24) is 0 Å². The average molecular weight is 290 g/mol. The van der Waals surface area contributed by atoms with Crippen molar-refractivity contribution in [2.24, 2.45) is 0 Å². The number of anilines is 2. The lowest BCUT2D eigenvalue weighted by atomic mass is 10.1. The van der Waals surface area contributed by atoms with Crippen LogP contribution in [0.3, 0.4) is 0 Å². The molecule has 0 heterocycles. The van der Waals surface area contributed by atoms with E-state index in [4.69, 9.17) is 15.2 Å². The molecular formula is C15H15FN2O3. The Morgan fingerprint density at radius 2 is 1.81 bits per heavy atom. The summed E-state index contributed by atoms with van der Waals surface area (Å²) < 4.78 is 23.1. The molecular weight excluding hydrogens is 275 g/mol. The number of nitrogens with one attached hydrogen (secondary N) is 1. The first-order valence-corrected chi connectivity index (χ1v) is 6.13. The van der Waals surface area contributed by atoms with Crippen molar-refractivity contribution in [3.8, 4) is 11.5 Å². The first-order valence-electron chi connectivity index (χ1n) is 6.13. The summed E-state index contributed by atoms with van der Waals surface area (Å²) in [5.41, 5.74) is 6.78. The summed E-state index contributed by atoms with van der Waals surface area (Å²) in [4.78, 5) is 12.3. The maximum atomic E-state index is 12.8. The number of nitrogens with two attached hydrogens (primary N) is 1. The number of methoxy groups -OCH3 is 2. The van der Waals surface area contributed by atoms with Gasteiger partial charge in [0.15, 0.2) is 0 Å². The highest BCUT2D eigenvalue weighted by molar-refractivity contribution is 6.08. The summed E-state index contributed by atoms with van der Waals surface area (Å²) in [7, 11) is 2.93. The van der Waals surface area contributed by atoms with Gasteiger partial charge in [0.25, 0.3) is 5.91 Å². The molecule has 0 aliphatic rings. The first-order chi connectivity index (χ1) is 10.0. The third-order valence-electron chi connectivity index (χ3n) is 2.92. The third-order valence-corrected chi connectivity index (χ3v) is 2.92. The van der Waals surface area contributed by atoms with Crippen molar-refractivity contribution in [2.75, 3.05) is 25.3 Å². The van der Waals surface area contributed by atoms with Crippen molar-refractivity contribution < 1.29 is 18.7 Å². The maximum Gasteiger partial charge on any atom is 0.258 e. The summed E-state index contributed by atoms with van der Waals surface area (Å²) in [6, 6.07) is 8.53. The van der Waals surface area contributed by atoms with Crippen LogP contribution in [0.5, 0.6) is 11.5 Å². The molecule has 0 unspecified atom stereocenters. The largest absolute Gasteiger partial charge is 0.497 e. The van der Waals surface area contributed by atoms with Crippen molar-refractivity contribution in [1.29, 1.82) is 0 Å². The molecule has 0 aliphatic heterocycles. The number of halogens is 1. The van der Waals surface area contributed by atoms with Crippen LogP contribution in [0.4, 0.5) is 15.8 Å². The smallest absolute Gasteiger partial charge is 0.258 e. The van der Waals surface area contributed by atoms with Crippen LogP contribution in [-0.2, 0) is 0 Å². The Labute approximate surface area is 121 Å². The molecule has 5 nitrogen and oxygen atoms in total.